The van der Waals surface area contributed by atoms with Gasteiger partial charge in [0.1, 0.15) is 13.1 Å². The lowest BCUT2D eigenvalue weighted by Gasteiger charge is -2.35. The number of nitrogens with zero attached hydrogens (tertiary/aromatic N) is 2. The van der Waals surface area contributed by atoms with E-state index in [2.05, 4.69) is 6.58 Å². The van der Waals surface area contributed by atoms with Gasteiger partial charge in [0.25, 0.3) is 11.8 Å². The molecule has 2 aliphatic heterocycles. The first-order chi connectivity index (χ1) is 11.9. The molecule has 146 valence electrons. The van der Waals surface area contributed by atoms with E-state index in [-0.39, 0.29) is 6.32 Å². The average Bonchev–Trinajstić information content (AvgIpc) is 2.89. The van der Waals surface area contributed by atoms with E-state index in [9.17, 15) is 35.9 Å². The molecule has 0 N–H and O–H groups in total. The third-order valence-electron chi connectivity index (χ3n) is 3.72. The standard InChI is InChI=1S/C13H15BF6N2O4/c1-2-3-14-25-8-9(26-14)11(24)22(7-13(18,19)20)5-4-21(10(8)23)6-12(15,16)17/h2,8-9H,1,3-7H2/t8-,9-/m1/s1. The summed E-state index contributed by atoms with van der Waals surface area (Å²) < 4.78 is 86.5. The van der Waals surface area contributed by atoms with Crippen LogP contribution in [0.4, 0.5) is 26.3 Å². The number of allylic oxidation sites excluding steroid dienone is 1. The maximum absolute atomic E-state index is 12.7. The Morgan fingerprint density at radius 2 is 1.35 bits per heavy atom. The summed E-state index contributed by atoms with van der Waals surface area (Å²) in [7, 11) is -1.16. The number of amides is 2. The van der Waals surface area contributed by atoms with Crippen LogP contribution < -0.4 is 0 Å². The number of carbonyl (C=O) groups is 2. The van der Waals surface area contributed by atoms with E-state index >= 15 is 0 Å². The highest BCUT2D eigenvalue weighted by Gasteiger charge is 2.52. The van der Waals surface area contributed by atoms with Crippen LogP contribution in [0.15, 0.2) is 12.7 Å². The van der Waals surface area contributed by atoms with Crippen LogP contribution in [-0.4, -0.2) is 79.5 Å². The van der Waals surface area contributed by atoms with E-state index in [1.807, 2.05) is 0 Å². The van der Waals surface area contributed by atoms with Gasteiger partial charge in [-0.25, -0.2) is 0 Å². The van der Waals surface area contributed by atoms with Crippen molar-refractivity contribution in [3.05, 3.63) is 12.7 Å². The van der Waals surface area contributed by atoms with Crippen molar-refractivity contribution in [1.29, 1.82) is 0 Å². The molecule has 2 fully saturated rings. The van der Waals surface area contributed by atoms with Crippen molar-refractivity contribution in [2.24, 2.45) is 0 Å². The van der Waals surface area contributed by atoms with Gasteiger partial charge < -0.3 is 19.1 Å². The molecule has 0 aromatic carbocycles. The molecule has 2 amide bonds. The van der Waals surface area contributed by atoms with Gasteiger partial charge in [0.2, 0.25) is 0 Å². The van der Waals surface area contributed by atoms with Crippen molar-refractivity contribution in [1.82, 2.24) is 9.80 Å². The monoisotopic (exact) mass is 388 g/mol. The van der Waals surface area contributed by atoms with Crippen LogP contribution in [0.5, 0.6) is 0 Å². The van der Waals surface area contributed by atoms with Crippen LogP contribution in [0, 0.1) is 0 Å². The fourth-order valence-electron chi connectivity index (χ4n) is 2.69. The smallest absolute Gasteiger partial charge is 0.396 e. The summed E-state index contributed by atoms with van der Waals surface area (Å²) in [6.45, 7) is -1.36. The van der Waals surface area contributed by atoms with Gasteiger partial charge in [0.15, 0.2) is 12.2 Å². The normalized spacial score (nSPS) is 25.2. The molecule has 26 heavy (non-hydrogen) atoms. The number of hydrogen-bond donors (Lipinski definition) is 0. The molecule has 0 aliphatic carbocycles. The second kappa shape index (κ2) is 7.47. The van der Waals surface area contributed by atoms with Gasteiger partial charge in [-0.05, 0) is 0 Å². The number of carbonyl (C=O) groups excluding carboxylic acids is 2. The molecule has 0 unspecified atom stereocenters. The third kappa shape index (κ3) is 5.13. The van der Waals surface area contributed by atoms with E-state index in [1.165, 1.54) is 6.08 Å². The van der Waals surface area contributed by atoms with Gasteiger partial charge in [-0.2, -0.15) is 26.3 Å². The Morgan fingerprint density at radius 3 is 1.65 bits per heavy atom. The molecule has 13 heteroatoms. The van der Waals surface area contributed by atoms with Crippen LogP contribution in [0.25, 0.3) is 0 Å². The maximum Gasteiger partial charge on any atom is 0.462 e. The second-order valence-corrected chi connectivity index (χ2v) is 5.82. The molecule has 2 aliphatic rings. The molecule has 2 heterocycles. The van der Waals surface area contributed by atoms with E-state index in [0.717, 1.165) is 0 Å². The number of rotatable bonds is 4. The Balaban J connectivity index is 2.29. The van der Waals surface area contributed by atoms with E-state index < -0.39 is 69.7 Å². The van der Waals surface area contributed by atoms with Crippen LogP contribution in [0.3, 0.4) is 0 Å². The maximum atomic E-state index is 12.7. The Labute approximate surface area is 144 Å². The summed E-state index contributed by atoms with van der Waals surface area (Å²) in [6, 6.07) is 0. The Morgan fingerprint density at radius 1 is 0.962 bits per heavy atom. The first-order valence-corrected chi connectivity index (χ1v) is 7.54. The molecule has 0 aromatic rings. The van der Waals surface area contributed by atoms with Gasteiger partial charge >= 0.3 is 19.5 Å². The number of halogens is 6. The lowest BCUT2D eigenvalue weighted by molar-refractivity contribution is -0.178. The van der Waals surface area contributed by atoms with Gasteiger partial charge in [-0.15, -0.1) is 6.58 Å². The molecule has 2 atom stereocenters. The first-order valence-electron chi connectivity index (χ1n) is 7.54. The minimum absolute atomic E-state index is 0.00605. The van der Waals surface area contributed by atoms with Crippen molar-refractivity contribution in [2.75, 3.05) is 26.2 Å². The van der Waals surface area contributed by atoms with Crippen LogP contribution >= 0.6 is 0 Å². The van der Waals surface area contributed by atoms with Crippen molar-refractivity contribution < 1.29 is 45.2 Å². The van der Waals surface area contributed by atoms with Crippen molar-refractivity contribution in [2.45, 2.75) is 30.9 Å². The molecule has 0 saturated carbocycles. The van der Waals surface area contributed by atoms with Gasteiger partial charge in [-0.3, -0.25) is 9.59 Å². The van der Waals surface area contributed by atoms with E-state index in [4.69, 9.17) is 9.31 Å². The third-order valence-corrected chi connectivity index (χ3v) is 3.72. The van der Waals surface area contributed by atoms with Crippen LogP contribution in [0.2, 0.25) is 6.32 Å². The fraction of sp³-hybridized carbons (Fsp3) is 0.692. The van der Waals surface area contributed by atoms with Crippen molar-refractivity contribution in [3.63, 3.8) is 0 Å². The molecule has 2 saturated heterocycles. The van der Waals surface area contributed by atoms with Gasteiger partial charge in [-0.1, -0.05) is 6.08 Å². The lowest BCUT2D eigenvalue weighted by atomic mass is 9.85. The quantitative estimate of drug-likeness (QED) is 0.413. The Hall–Kier alpha value is -1.76. The average molecular weight is 388 g/mol. The molecule has 0 bridgehead atoms. The topological polar surface area (TPSA) is 59.1 Å². The Bertz CT molecular complexity index is 526. The molecular weight excluding hydrogens is 373 g/mol. The zero-order valence-corrected chi connectivity index (χ0v) is 13.3. The predicted molar refractivity (Wildman–Crippen MR) is 75.8 cm³/mol. The van der Waals surface area contributed by atoms with Gasteiger partial charge in [0.05, 0.1) is 0 Å². The largest absolute Gasteiger partial charge is 0.462 e. The predicted octanol–water partition coefficient (Wildman–Crippen LogP) is 1.24. The Kier molecular flexibility index (Phi) is 5.90. The zero-order valence-electron chi connectivity index (χ0n) is 13.3. The molecule has 6 nitrogen and oxygen atoms in total. The number of fused-ring (bicyclic) bond motifs is 1. The SMILES string of the molecule is C=CCB1O[C@H]2C(=O)N(CC(F)(F)F)CCN(CC(F)(F)F)C(=O)[C@@H]2O1. The minimum Gasteiger partial charge on any atom is -0.396 e. The van der Waals surface area contributed by atoms with Crippen molar-refractivity contribution >= 4 is 18.9 Å². The highest BCUT2D eigenvalue weighted by atomic mass is 19.4. The van der Waals surface area contributed by atoms with E-state index in [1.54, 1.807) is 0 Å². The highest BCUT2D eigenvalue weighted by molar-refractivity contribution is 6.46. The van der Waals surface area contributed by atoms with Crippen LogP contribution in [-0.2, 0) is 18.9 Å². The summed E-state index contributed by atoms with van der Waals surface area (Å²) in [6.07, 6.45) is -11.7. The summed E-state index contributed by atoms with van der Waals surface area (Å²) in [5, 5.41) is 0. The molecule has 0 aromatic heterocycles. The molecule has 2 rings (SSSR count). The fourth-order valence-corrected chi connectivity index (χ4v) is 2.69. The summed E-state index contributed by atoms with van der Waals surface area (Å²) >= 11 is 0. The molecule has 0 spiro atoms. The van der Waals surface area contributed by atoms with E-state index in [0.29, 0.717) is 9.80 Å². The number of hydrogen-bond acceptors (Lipinski definition) is 4. The van der Waals surface area contributed by atoms with Gasteiger partial charge in [0, 0.05) is 19.4 Å². The first kappa shape index (κ1) is 20.6. The lowest BCUT2D eigenvalue weighted by Crippen LogP contribution is -2.58. The summed E-state index contributed by atoms with van der Waals surface area (Å²) in [5.41, 5.74) is 0. The molecular formula is C13H15BF6N2O4. The van der Waals surface area contributed by atoms with Crippen LogP contribution in [0.1, 0.15) is 0 Å². The highest BCUT2D eigenvalue weighted by Crippen LogP contribution is 2.28. The summed E-state index contributed by atoms with van der Waals surface area (Å²) in [5.74, 6) is -2.31. The summed E-state index contributed by atoms with van der Waals surface area (Å²) in [4.78, 5) is 25.3. The van der Waals surface area contributed by atoms with Crippen molar-refractivity contribution in [3.8, 4) is 0 Å². The second-order valence-electron chi connectivity index (χ2n) is 5.82. The minimum atomic E-state index is -4.76. The zero-order chi connectivity index (χ0) is 19.7. The molecule has 0 radical (unpaired) electrons. The number of alkyl halides is 6.